The summed E-state index contributed by atoms with van der Waals surface area (Å²) < 4.78 is 23.5. The van der Waals surface area contributed by atoms with Crippen molar-refractivity contribution in [2.24, 2.45) is 5.11 Å². The molecule has 0 aliphatic rings. The summed E-state index contributed by atoms with van der Waals surface area (Å²) in [4.78, 5) is 14.5. The van der Waals surface area contributed by atoms with Crippen LogP contribution >= 0.6 is 11.6 Å². The molecule has 0 unspecified atom stereocenters. The van der Waals surface area contributed by atoms with Gasteiger partial charge in [-0.2, -0.15) is 0 Å². The first-order valence-corrected chi connectivity index (χ1v) is 6.36. The maximum Gasteiger partial charge on any atom is 0.446 e. The number of nitrogens with zero attached hydrogens (tertiary/aromatic N) is 7. The van der Waals surface area contributed by atoms with Crippen molar-refractivity contribution < 1.29 is 13.5 Å². The van der Waals surface area contributed by atoms with Crippen molar-refractivity contribution in [2.45, 2.75) is 6.54 Å². The molecular weight excluding hydrogens is 333 g/mol. The van der Waals surface area contributed by atoms with E-state index in [1.807, 2.05) is 0 Å². The van der Waals surface area contributed by atoms with Crippen LogP contribution in [-0.4, -0.2) is 20.0 Å². The van der Waals surface area contributed by atoms with Gasteiger partial charge in [0.2, 0.25) is 5.82 Å². The lowest BCUT2D eigenvalue weighted by atomic mass is 10.2. The molecular formula is C11H5ClFN7O3. The van der Waals surface area contributed by atoms with Crippen LogP contribution in [0.15, 0.2) is 37.3 Å². The van der Waals surface area contributed by atoms with Crippen LogP contribution in [0.4, 0.5) is 4.39 Å². The summed E-state index contributed by atoms with van der Waals surface area (Å²) in [5.74, 6) is -1.55. The Kier molecular flexibility index (Phi) is 3.79. The number of hydrogen-bond acceptors (Lipinski definition) is 7. The Hall–Kier alpha value is -3.17. The van der Waals surface area contributed by atoms with E-state index in [2.05, 4.69) is 34.6 Å². The summed E-state index contributed by atoms with van der Waals surface area (Å²) in [7, 11) is 0. The quantitative estimate of drug-likeness (QED) is 0.407. The van der Waals surface area contributed by atoms with E-state index in [1.54, 1.807) is 0 Å². The fourth-order valence-electron chi connectivity index (χ4n) is 1.83. The number of rotatable bonds is 4. The number of aromatic nitrogens is 4. The summed E-state index contributed by atoms with van der Waals surface area (Å²) >= 11 is 5.72. The van der Waals surface area contributed by atoms with Gasteiger partial charge in [0, 0.05) is 4.91 Å². The van der Waals surface area contributed by atoms with Crippen molar-refractivity contribution in [1.82, 2.24) is 20.0 Å². The zero-order chi connectivity index (χ0) is 16.4. The normalized spacial score (nSPS) is 10.5. The van der Waals surface area contributed by atoms with Gasteiger partial charge in [-0.15, -0.1) is 0 Å². The zero-order valence-electron chi connectivity index (χ0n) is 11.1. The fourth-order valence-corrected chi connectivity index (χ4v) is 2.00. The average Bonchev–Trinajstić information content (AvgIpc) is 3.14. The van der Waals surface area contributed by atoms with Crippen LogP contribution in [0, 0.1) is 5.82 Å². The van der Waals surface area contributed by atoms with Crippen LogP contribution in [0.2, 0.25) is 5.02 Å². The van der Waals surface area contributed by atoms with Gasteiger partial charge < -0.3 is 0 Å². The molecule has 0 spiro atoms. The van der Waals surface area contributed by atoms with E-state index in [0.717, 1.165) is 10.6 Å². The Morgan fingerprint density at radius 2 is 2.22 bits per heavy atom. The van der Waals surface area contributed by atoms with Crippen LogP contribution in [-0.2, 0) is 6.54 Å². The van der Waals surface area contributed by atoms with Crippen molar-refractivity contribution in [2.75, 3.05) is 0 Å². The third kappa shape index (κ3) is 2.65. The summed E-state index contributed by atoms with van der Waals surface area (Å²) in [6, 6.07) is 3.62. The van der Waals surface area contributed by atoms with Gasteiger partial charge in [0.05, 0.1) is 17.3 Å². The minimum atomic E-state index is -0.847. The third-order valence-electron chi connectivity index (χ3n) is 2.82. The summed E-state index contributed by atoms with van der Waals surface area (Å²) in [6.07, 6.45) is 0. The second kappa shape index (κ2) is 5.91. The summed E-state index contributed by atoms with van der Waals surface area (Å²) in [6.45, 7) is -0.166. The highest BCUT2D eigenvalue weighted by Crippen LogP contribution is 2.24. The fraction of sp³-hybridized carbons (Fsp3) is 0.0909. The maximum absolute atomic E-state index is 13.3. The first kappa shape index (κ1) is 14.8. The topological polar surface area (TPSA) is 136 Å². The second-order valence-corrected chi connectivity index (χ2v) is 4.56. The molecule has 0 saturated carbocycles. The highest BCUT2D eigenvalue weighted by Gasteiger charge is 2.22. The first-order chi connectivity index (χ1) is 11.1. The molecule has 0 bridgehead atoms. The minimum absolute atomic E-state index is 0.0451. The van der Waals surface area contributed by atoms with E-state index in [-0.39, 0.29) is 34.5 Å². The number of azide groups is 1. The monoisotopic (exact) mass is 337 g/mol. The lowest BCUT2D eigenvalue weighted by Crippen LogP contribution is -2.13. The minimum Gasteiger partial charge on any atom is -0.295 e. The van der Waals surface area contributed by atoms with E-state index in [9.17, 15) is 9.18 Å². The highest BCUT2D eigenvalue weighted by atomic mass is 35.5. The van der Waals surface area contributed by atoms with Gasteiger partial charge >= 0.3 is 5.76 Å². The molecule has 0 saturated heterocycles. The van der Waals surface area contributed by atoms with Gasteiger partial charge in [-0.3, -0.25) is 4.52 Å². The Morgan fingerprint density at radius 1 is 1.39 bits per heavy atom. The molecule has 0 amide bonds. The largest absolute Gasteiger partial charge is 0.446 e. The van der Waals surface area contributed by atoms with Crippen LogP contribution in [0.25, 0.3) is 27.6 Å². The molecule has 2 aromatic heterocycles. The third-order valence-corrected chi connectivity index (χ3v) is 3.11. The summed E-state index contributed by atoms with van der Waals surface area (Å²) in [5, 5.41) is 13.9. The number of benzene rings is 1. The number of hydrogen-bond donors (Lipinski definition) is 0. The SMILES string of the molecule is [N-]=[N+]=NCc1nonc1-c1noc(=O)n1-c1ccc(F)c(Cl)c1. The smallest absolute Gasteiger partial charge is 0.295 e. The van der Waals surface area contributed by atoms with Crippen LogP contribution in [0.5, 0.6) is 0 Å². The molecule has 0 aliphatic carbocycles. The molecule has 0 N–H and O–H groups in total. The molecule has 12 heteroatoms. The lowest BCUT2D eigenvalue weighted by Gasteiger charge is -2.04. The van der Waals surface area contributed by atoms with Gasteiger partial charge in [0.1, 0.15) is 11.5 Å². The van der Waals surface area contributed by atoms with Crippen LogP contribution in [0.3, 0.4) is 0 Å². The molecule has 0 fully saturated rings. The standard InChI is InChI=1S/C11H5ClFN7O3/c12-6-3-5(1-2-7(6)13)20-10(18-22-11(20)21)9-8(4-15-19-14)16-23-17-9/h1-3H,4H2. The van der Waals surface area contributed by atoms with Crippen molar-refractivity contribution in [3.8, 4) is 17.2 Å². The van der Waals surface area contributed by atoms with Gasteiger partial charge in [0.25, 0.3) is 0 Å². The van der Waals surface area contributed by atoms with Gasteiger partial charge in [0.15, 0.2) is 5.69 Å². The van der Waals surface area contributed by atoms with E-state index in [4.69, 9.17) is 17.1 Å². The molecule has 3 rings (SSSR count). The van der Waals surface area contributed by atoms with E-state index < -0.39 is 11.6 Å². The van der Waals surface area contributed by atoms with E-state index in [0.29, 0.717) is 0 Å². The molecule has 0 radical (unpaired) electrons. The molecule has 116 valence electrons. The molecule has 10 nitrogen and oxygen atoms in total. The van der Waals surface area contributed by atoms with Gasteiger partial charge in [-0.25, -0.2) is 18.4 Å². The molecule has 23 heavy (non-hydrogen) atoms. The zero-order valence-corrected chi connectivity index (χ0v) is 11.8. The van der Waals surface area contributed by atoms with Crippen molar-refractivity contribution in [1.29, 1.82) is 0 Å². The lowest BCUT2D eigenvalue weighted by molar-refractivity contribution is 0.304. The Bertz CT molecular complexity index is 972. The van der Waals surface area contributed by atoms with Gasteiger partial charge in [-0.1, -0.05) is 27.0 Å². The average molecular weight is 338 g/mol. The van der Waals surface area contributed by atoms with Crippen LogP contribution < -0.4 is 5.76 Å². The van der Waals surface area contributed by atoms with Gasteiger partial charge in [-0.05, 0) is 28.9 Å². The molecule has 3 aromatic rings. The number of halogens is 2. The van der Waals surface area contributed by atoms with E-state index >= 15 is 0 Å². The second-order valence-electron chi connectivity index (χ2n) is 4.15. The molecule has 0 aliphatic heterocycles. The van der Waals surface area contributed by atoms with E-state index in [1.165, 1.54) is 12.1 Å². The molecule has 2 heterocycles. The Balaban J connectivity index is 2.16. The first-order valence-electron chi connectivity index (χ1n) is 5.98. The van der Waals surface area contributed by atoms with Crippen molar-refractivity contribution in [3.63, 3.8) is 0 Å². The highest BCUT2D eigenvalue weighted by molar-refractivity contribution is 6.30. The Labute approximate surface area is 130 Å². The predicted molar refractivity (Wildman–Crippen MR) is 73.2 cm³/mol. The molecule has 0 atom stereocenters. The maximum atomic E-state index is 13.3. The summed E-state index contributed by atoms with van der Waals surface area (Å²) in [5.41, 5.74) is 8.76. The van der Waals surface area contributed by atoms with Crippen molar-refractivity contribution in [3.05, 3.63) is 55.7 Å². The van der Waals surface area contributed by atoms with Crippen LogP contribution in [0.1, 0.15) is 5.69 Å². The molecule has 1 aromatic carbocycles. The predicted octanol–water partition coefficient (Wildman–Crippen LogP) is 2.48. The van der Waals surface area contributed by atoms with Crippen molar-refractivity contribution >= 4 is 11.6 Å². The Morgan fingerprint density at radius 3 is 2.96 bits per heavy atom.